The van der Waals surface area contributed by atoms with Gasteiger partial charge in [0.1, 0.15) is 17.3 Å². The van der Waals surface area contributed by atoms with Crippen LogP contribution in [-0.4, -0.2) is 28.6 Å². The van der Waals surface area contributed by atoms with Crippen LogP contribution in [0.2, 0.25) is 0 Å². The lowest BCUT2D eigenvalue weighted by molar-refractivity contribution is -0.144. The van der Waals surface area contributed by atoms with Gasteiger partial charge in [0.05, 0.1) is 6.61 Å². The summed E-state index contributed by atoms with van der Waals surface area (Å²) in [7, 11) is 0. The summed E-state index contributed by atoms with van der Waals surface area (Å²) in [6, 6.07) is 3.31. The Morgan fingerprint density at radius 3 is 1.61 bits per heavy atom. The Balaban J connectivity index is 0.00000283. The number of aromatic hydroxyl groups is 2. The Morgan fingerprint density at radius 1 is 0.722 bits per heavy atom. The van der Waals surface area contributed by atoms with Crippen LogP contribution in [0, 0.1) is 0 Å². The van der Waals surface area contributed by atoms with Crippen LogP contribution in [0.4, 0.5) is 0 Å². The van der Waals surface area contributed by atoms with Crippen LogP contribution in [-0.2, 0) is 25.2 Å². The minimum absolute atomic E-state index is 0.154. The molecule has 0 radical (unpaired) electrons. The number of carbonyl (C=O) groups excluding carboxylic acids is 2. The van der Waals surface area contributed by atoms with Crippen molar-refractivity contribution < 1.29 is 24.5 Å². The smallest absolute Gasteiger partial charge is 0.305 e. The van der Waals surface area contributed by atoms with Gasteiger partial charge >= 0.3 is 5.97 Å². The van der Waals surface area contributed by atoms with Crippen molar-refractivity contribution in [2.24, 2.45) is 0 Å². The number of phenolic OH excluding ortho intramolecular Hbond substituents is 2. The lowest BCUT2D eigenvalue weighted by atomic mass is 9.75. The topological polar surface area (TPSA) is 83.8 Å². The maximum atomic E-state index is 12.0. The number of carbonyl (C=O) groups is 2. The lowest BCUT2D eigenvalue weighted by Gasteiger charge is -2.30. The van der Waals surface area contributed by atoms with Gasteiger partial charge in [0.2, 0.25) is 0 Å². The molecule has 208 valence electrons. The molecule has 5 nitrogen and oxygen atoms in total. The molecule has 0 saturated heterocycles. The van der Waals surface area contributed by atoms with Crippen molar-refractivity contribution in [2.45, 2.75) is 143 Å². The molecule has 1 aromatic carbocycles. The highest BCUT2D eigenvalue weighted by molar-refractivity contribution is 5.75. The summed E-state index contributed by atoms with van der Waals surface area (Å²) in [5, 5.41) is 21.5. The van der Waals surface area contributed by atoms with Gasteiger partial charge in [-0.15, -0.1) is 0 Å². The molecular weight excluding hydrogens is 452 g/mol. The zero-order chi connectivity index (χ0) is 27.8. The predicted octanol–water partition coefficient (Wildman–Crippen LogP) is 8.51. The first kappa shape index (κ1) is 34.0. The van der Waals surface area contributed by atoms with E-state index in [1.807, 2.05) is 27.7 Å². The molecular formula is C31H54O5. The van der Waals surface area contributed by atoms with E-state index in [1.54, 1.807) is 19.1 Å². The monoisotopic (exact) mass is 506 g/mol. The summed E-state index contributed by atoms with van der Waals surface area (Å²) < 4.78 is 5.30. The molecule has 36 heavy (non-hydrogen) atoms. The molecule has 2 N–H and O–H groups in total. The van der Waals surface area contributed by atoms with Gasteiger partial charge in [-0.25, -0.2) is 0 Å². The second-order valence-electron chi connectivity index (χ2n) is 11.3. The average Bonchev–Trinajstić information content (AvgIpc) is 2.79. The summed E-state index contributed by atoms with van der Waals surface area (Å²) in [6.45, 7) is 16.6. The number of ether oxygens (including phenoxy) is 1. The van der Waals surface area contributed by atoms with Crippen molar-refractivity contribution in [3.63, 3.8) is 0 Å². The first-order valence-electron chi connectivity index (χ1n) is 14.0. The fraction of sp³-hybridized carbons (Fsp3) is 0.742. The highest BCUT2D eigenvalue weighted by Gasteiger charge is 2.30. The number of unbranched alkanes of at least 4 members (excludes halogenated alkanes) is 4. The minimum Gasteiger partial charge on any atom is -0.508 e. The number of hydrogen-bond donors (Lipinski definition) is 2. The van der Waals surface area contributed by atoms with Crippen molar-refractivity contribution in [3.05, 3.63) is 23.3 Å². The lowest BCUT2D eigenvalue weighted by Crippen LogP contribution is -2.21. The predicted molar refractivity (Wildman–Crippen MR) is 150 cm³/mol. The minimum atomic E-state index is -0.403. The first-order chi connectivity index (χ1) is 16.8. The molecule has 1 rings (SSSR count). The van der Waals surface area contributed by atoms with Crippen LogP contribution >= 0.6 is 0 Å². The van der Waals surface area contributed by atoms with E-state index in [-0.39, 0.29) is 28.7 Å². The van der Waals surface area contributed by atoms with Gasteiger partial charge < -0.3 is 19.7 Å². The highest BCUT2D eigenvalue weighted by Crippen LogP contribution is 2.43. The molecule has 0 saturated carbocycles. The van der Waals surface area contributed by atoms with Crippen LogP contribution in [0.25, 0.3) is 0 Å². The van der Waals surface area contributed by atoms with E-state index in [2.05, 4.69) is 20.8 Å². The van der Waals surface area contributed by atoms with Crippen LogP contribution in [0.15, 0.2) is 12.1 Å². The molecule has 1 aromatic rings. The second-order valence-corrected chi connectivity index (χ2v) is 11.3. The average molecular weight is 507 g/mol. The summed E-state index contributed by atoms with van der Waals surface area (Å²) >= 11 is 0. The van der Waals surface area contributed by atoms with Crippen molar-refractivity contribution >= 4 is 11.8 Å². The second kappa shape index (κ2) is 17.4. The van der Waals surface area contributed by atoms with Crippen molar-refractivity contribution in [1.82, 2.24) is 0 Å². The number of hydrogen-bond acceptors (Lipinski definition) is 5. The van der Waals surface area contributed by atoms with Gasteiger partial charge in [0.15, 0.2) is 0 Å². The zero-order valence-electron chi connectivity index (χ0n) is 24.5. The van der Waals surface area contributed by atoms with E-state index >= 15 is 0 Å². The summed E-state index contributed by atoms with van der Waals surface area (Å²) in [5.74, 6) is 0.295. The van der Waals surface area contributed by atoms with Crippen LogP contribution in [0.1, 0.15) is 144 Å². The van der Waals surface area contributed by atoms with E-state index in [4.69, 9.17) is 4.74 Å². The number of phenols is 2. The Kier molecular flexibility index (Phi) is 16.4. The fourth-order valence-electron chi connectivity index (χ4n) is 4.17. The van der Waals surface area contributed by atoms with Crippen LogP contribution < -0.4 is 0 Å². The van der Waals surface area contributed by atoms with Crippen molar-refractivity contribution in [3.8, 4) is 11.5 Å². The van der Waals surface area contributed by atoms with Gasteiger partial charge in [-0.3, -0.25) is 4.79 Å². The Morgan fingerprint density at radius 2 is 1.19 bits per heavy atom. The molecule has 0 aliphatic heterocycles. The third kappa shape index (κ3) is 13.3. The third-order valence-electron chi connectivity index (χ3n) is 6.85. The highest BCUT2D eigenvalue weighted by atomic mass is 16.5. The Bertz CT molecular complexity index is 777. The van der Waals surface area contributed by atoms with Crippen LogP contribution in [0.3, 0.4) is 0 Å². The molecule has 0 aromatic heterocycles. The SMILES string of the molecule is CCCC.CCCCCCOC(=O)CCCC(C)(C)c1cc(O)c(C(C)(C)CCCC(C)=O)cc1O. The van der Waals surface area contributed by atoms with Gasteiger partial charge in [-0.2, -0.15) is 0 Å². The maximum Gasteiger partial charge on any atom is 0.305 e. The largest absolute Gasteiger partial charge is 0.508 e. The zero-order valence-corrected chi connectivity index (χ0v) is 24.5. The van der Waals surface area contributed by atoms with E-state index < -0.39 is 5.41 Å². The fourth-order valence-corrected chi connectivity index (χ4v) is 4.17. The van der Waals surface area contributed by atoms with E-state index in [1.165, 1.54) is 12.8 Å². The van der Waals surface area contributed by atoms with Gasteiger partial charge in [0, 0.05) is 24.0 Å². The molecule has 0 aliphatic carbocycles. The van der Waals surface area contributed by atoms with Crippen molar-refractivity contribution in [1.29, 1.82) is 0 Å². The van der Waals surface area contributed by atoms with Gasteiger partial charge in [0.25, 0.3) is 0 Å². The summed E-state index contributed by atoms with van der Waals surface area (Å²) in [5.41, 5.74) is 0.594. The van der Waals surface area contributed by atoms with Crippen LogP contribution in [0.5, 0.6) is 11.5 Å². The molecule has 0 amide bonds. The summed E-state index contributed by atoms with van der Waals surface area (Å²) in [4.78, 5) is 23.2. The molecule has 0 spiro atoms. The number of esters is 1. The number of Topliss-reactive ketones (excluding diaryl/α,β-unsaturated/α-hetero) is 1. The number of benzene rings is 1. The molecule has 0 aliphatic rings. The van der Waals surface area contributed by atoms with Gasteiger partial charge in [-0.05, 0) is 62.0 Å². The van der Waals surface area contributed by atoms with Gasteiger partial charge in [-0.1, -0.05) is 80.6 Å². The molecule has 0 heterocycles. The molecule has 0 unspecified atom stereocenters. The first-order valence-corrected chi connectivity index (χ1v) is 14.0. The molecule has 0 fully saturated rings. The molecule has 0 atom stereocenters. The number of ketones is 1. The van der Waals surface area contributed by atoms with E-state index in [9.17, 15) is 19.8 Å². The quantitative estimate of drug-likeness (QED) is 0.133. The van der Waals surface area contributed by atoms with Crippen molar-refractivity contribution in [2.75, 3.05) is 6.61 Å². The maximum absolute atomic E-state index is 12.0. The Hall–Kier alpha value is -2.04. The number of rotatable bonds is 16. The standard InChI is InChI=1S/C27H44O5.C4H10/c1-7-8-9-10-17-32-25(31)14-12-16-27(5,6)22-19-23(29)21(18-24(22)30)26(3,4)15-11-13-20(2)28;1-3-4-2/h18-19,29-30H,7-17H2,1-6H3;3-4H2,1-2H3. The Labute approximate surface area is 221 Å². The van der Waals surface area contributed by atoms with E-state index in [0.29, 0.717) is 43.4 Å². The normalized spacial score (nSPS) is 11.6. The molecule has 5 heteroatoms. The van der Waals surface area contributed by atoms with E-state index in [0.717, 1.165) is 38.5 Å². The molecule has 0 bridgehead atoms. The third-order valence-corrected chi connectivity index (χ3v) is 6.85. The summed E-state index contributed by atoms with van der Waals surface area (Å²) in [6.07, 6.45) is 10.6.